The highest BCUT2D eigenvalue weighted by atomic mass is 19.4. The molecule has 2 aromatic heterocycles. The van der Waals surface area contributed by atoms with Gasteiger partial charge in [0.1, 0.15) is 5.69 Å². The van der Waals surface area contributed by atoms with Gasteiger partial charge in [-0.05, 0) is 19.1 Å². The zero-order chi connectivity index (χ0) is 11.8. The van der Waals surface area contributed by atoms with E-state index < -0.39 is 12.1 Å². The Kier molecular flexibility index (Phi) is 2.37. The zero-order valence-corrected chi connectivity index (χ0v) is 8.12. The summed E-state index contributed by atoms with van der Waals surface area (Å²) in [4.78, 5) is 7.21. The summed E-state index contributed by atoms with van der Waals surface area (Å²) in [6.07, 6.45) is -4.63. The molecule has 0 bridgehead atoms. The molecule has 84 valence electrons. The van der Waals surface area contributed by atoms with Gasteiger partial charge in [-0.25, -0.2) is 4.98 Å². The Bertz CT molecular complexity index is 507. The number of aromatic nitrogens is 3. The van der Waals surface area contributed by atoms with Gasteiger partial charge in [-0.2, -0.15) is 18.2 Å². The van der Waals surface area contributed by atoms with Gasteiger partial charge in [-0.1, -0.05) is 11.2 Å². The molecule has 0 radical (unpaired) electrons. The molecule has 2 aromatic rings. The molecule has 0 saturated carbocycles. The molecular weight excluding hydrogens is 223 g/mol. The highest BCUT2D eigenvalue weighted by Crippen LogP contribution is 2.28. The molecule has 0 aliphatic heterocycles. The van der Waals surface area contributed by atoms with Crippen molar-refractivity contribution in [3.05, 3.63) is 29.8 Å². The van der Waals surface area contributed by atoms with E-state index in [0.717, 1.165) is 0 Å². The van der Waals surface area contributed by atoms with Gasteiger partial charge in [-0.15, -0.1) is 0 Å². The van der Waals surface area contributed by atoms with Gasteiger partial charge in [0.2, 0.25) is 5.82 Å². The third kappa shape index (κ3) is 2.02. The molecule has 0 spiro atoms. The first-order valence-corrected chi connectivity index (χ1v) is 4.32. The lowest BCUT2D eigenvalue weighted by Crippen LogP contribution is -2.04. The third-order valence-corrected chi connectivity index (χ3v) is 1.79. The van der Waals surface area contributed by atoms with Gasteiger partial charge in [-0.3, -0.25) is 0 Å². The Labute approximate surface area is 88.1 Å². The molecule has 0 atom stereocenters. The van der Waals surface area contributed by atoms with Gasteiger partial charge < -0.3 is 4.52 Å². The lowest BCUT2D eigenvalue weighted by molar-refractivity contribution is -0.159. The van der Waals surface area contributed by atoms with Crippen LogP contribution in [0.2, 0.25) is 0 Å². The van der Waals surface area contributed by atoms with Crippen LogP contribution < -0.4 is 0 Å². The number of rotatable bonds is 1. The number of halogens is 3. The fourth-order valence-electron chi connectivity index (χ4n) is 1.11. The second kappa shape index (κ2) is 3.58. The quantitative estimate of drug-likeness (QED) is 0.753. The molecule has 0 N–H and O–H groups in total. The minimum absolute atomic E-state index is 0.170. The summed E-state index contributed by atoms with van der Waals surface area (Å²) in [5.41, 5.74) is 0.912. The Morgan fingerprint density at radius 1 is 1.19 bits per heavy atom. The van der Waals surface area contributed by atoms with Gasteiger partial charge in [0.25, 0.3) is 0 Å². The second-order valence-electron chi connectivity index (χ2n) is 3.09. The molecule has 0 saturated heterocycles. The molecule has 2 heterocycles. The van der Waals surface area contributed by atoms with Crippen molar-refractivity contribution in [1.82, 2.24) is 15.1 Å². The van der Waals surface area contributed by atoms with E-state index in [1.54, 1.807) is 19.1 Å². The van der Waals surface area contributed by atoms with Crippen molar-refractivity contribution in [2.45, 2.75) is 13.1 Å². The number of aryl methyl sites for hydroxylation is 1. The van der Waals surface area contributed by atoms with Crippen LogP contribution in [-0.4, -0.2) is 15.1 Å². The third-order valence-electron chi connectivity index (χ3n) is 1.79. The molecule has 0 aliphatic rings. The molecule has 0 aliphatic carbocycles. The van der Waals surface area contributed by atoms with E-state index >= 15 is 0 Å². The number of hydrogen-bond donors (Lipinski definition) is 0. The van der Waals surface area contributed by atoms with Gasteiger partial charge in [0.15, 0.2) is 0 Å². The first kappa shape index (κ1) is 10.6. The van der Waals surface area contributed by atoms with E-state index in [-0.39, 0.29) is 11.5 Å². The van der Waals surface area contributed by atoms with Crippen LogP contribution in [-0.2, 0) is 6.18 Å². The molecule has 16 heavy (non-hydrogen) atoms. The normalized spacial score (nSPS) is 11.8. The molecule has 2 rings (SSSR count). The summed E-state index contributed by atoms with van der Waals surface area (Å²) in [6.45, 7) is 1.72. The highest BCUT2D eigenvalue weighted by Gasteiger charge is 2.38. The van der Waals surface area contributed by atoms with E-state index in [0.29, 0.717) is 5.69 Å². The van der Waals surface area contributed by atoms with Crippen LogP contribution in [0.5, 0.6) is 0 Å². The molecule has 4 nitrogen and oxygen atoms in total. The molecular formula is C9H6F3N3O. The standard InChI is InChI=1S/C9H6F3N3O/c1-5-3-2-4-6(13-5)7-14-8(16-15-7)9(10,11)12/h2-4H,1H3. The average molecular weight is 229 g/mol. The molecule has 0 aromatic carbocycles. The van der Waals surface area contributed by atoms with Crippen molar-refractivity contribution in [3.8, 4) is 11.5 Å². The van der Waals surface area contributed by atoms with E-state index in [4.69, 9.17) is 0 Å². The van der Waals surface area contributed by atoms with E-state index in [1.807, 2.05) is 0 Å². The van der Waals surface area contributed by atoms with Crippen molar-refractivity contribution in [2.24, 2.45) is 0 Å². The summed E-state index contributed by atoms with van der Waals surface area (Å²) >= 11 is 0. The van der Waals surface area contributed by atoms with Crippen LogP contribution >= 0.6 is 0 Å². The van der Waals surface area contributed by atoms with Crippen molar-refractivity contribution in [1.29, 1.82) is 0 Å². The maximum atomic E-state index is 12.2. The molecule has 7 heteroatoms. The maximum absolute atomic E-state index is 12.2. The first-order valence-electron chi connectivity index (χ1n) is 4.32. The monoisotopic (exact) mass is 229 g/mol. The minimum Gasteiger partial charge on any atom is -0.329 e. The van der Waals surface area contributed by atoms with Crippen molar-refractivity contribution >= 4 is 0 Å². The largest absolute Gasteiger partial charge is 0.471 e. The Hall–Kier alpha value is -1.92. The van der Waals surface area contributed by atoms with Gasteiger partial charge in [0, 0.05) is 5.69 Å². The fraction of sp³-hybridized carbons (Fsp3) is 0.222. The lowest BCUT2D eigenvalue weighted by atomic mass is 10.3. The van der Waals surface area contributed by atoms with E-state index in [2.05, 4.69) is 19.6 Å². The van der Waals surface area contributed by atoms with Crippen LogP contribution in [0.3, 0.4) is 0 Å². The number of alkyl halides is 3. The topological polar surface area (TPSA) is 51.8 Å². The van der Waals surface area contributed by atoms with Gasteiger partial charge >= 0.3 is 12.1 Å². The highest BCUT2D eigenvalue weighted by molar-refractivity contribution is 5.48. The Morgan fingerprint density at radius 3 is 2.50 bits per heavy atom. The minimum atomic E-state index is -4.63. The first-order chi connectivity index (χ1) is 7.47. The van der Waals surface area contributed by atoms with Crippen molar-refractivity contribution in [2.75, 3.05) is 0 Å². The Balaban J connectivity index is 2.39. The Morgan fingerprint density at radius 2 is 1.94 bits per heavy atom. The average Bonchev–Trinajstić information content (AvgIpc) is 2.65. The van der Waals surface area contributed by atoms with Crippen molar-refractivity contribution < 1.29 is 17.7 Å². The second-order valence-corrected chi connectivity index (χ2v) is 3.09. The summed E-state index contributed by atoms with van der Waals surface area (Å²) in [5.74, 6) is -1.54. The van der Waals surface area contributed by atoms with E-state index in [9.17, 15) is 13.2 Å². The zero-order valence-electron chi connectivity index (χ0n) is 8.12. The smallest absolute Gasteiger partial charge is 0.329 e. The van der Waals surface area contributed by atoms with Crippen LogP contribution in [0, 0.1) is 6.92 Å². The van der Waals surface area contributed by atoms with Crippen LogP contribution in [0.25, 0.3) is 11.5 Å². The summed E-state index contributed by atoms with van der Waals surface area (Å²) < 4.78 is 40.6. The maximum Gasteiger partial charge on any atom is 0.471 e. The molecule has 0 fully saturated rings. The molecule has 0 amide bonds. The van der Waals surface area contributed by atoms with Crippen LogP contribution in [0.15, 0.2) is 22.7 Å². The molecule has 0 unspecified atom stereocenters. The summed E-state index contributed by atoms with van der Waals surface area (Å²) in [5, 5.41) is 3.23. The van der Waals surface area contributed by atoms with E-state index in [1.165, 1.54) is 6.07 Å². The predicted molar refractivity (Wildman–Crippen MR) is 47.3 cm³/mol. The lowest BCUT2D eigenvalue weighted by Gasteiger charge is -1.96. The summed E-state index contributed by atoms with van der Waals surface area (Å²) in [6, 6.07) is 4.88. The van der Waals surface area contributed by atoms with Gasteiger partial charge in [0.05, 0.1) is 0 Å². The SMILES string of the molecule is Cc1cccc(-c2noc(C(F)(F)F)n2)n1. The van der Waals surface area contributed by atoms with Crippen LogP contribution in [0.4, 0.5) is 13.2 Å². The predicted octanol–water partition coefficient (Wildman–Crippen LogP) is 2.46. The number of pyridine rings is 1. The van der Waals surface area contributed by atoms with Crippen LogP contribution in [0.1, 0.15) is 11.6 Å². The fourth-order valence-corrected chi connectivity index (χ4v) is 1.11. The summed E-state index contributed by atoms with van der Waals surface area (Å²) in [7, 11) is 0. The van der Waals surface area contributed by atoms with Crippen molar-refractivity contribution in [3.63, 3.8) is 0 Å². The number of nitrogens with zero attached hydrogens (tertiary/aromatic N) is 3. The number of hydrogen-bond acceptors (Lipinski definition) is 4.